The molecule has 0 aromatic carbocycles. The van der Waals surface area contributed by atoms with E-state index in [0.29, 0.717) is 12.5 Å². The highest BCUT2D eigenvalue weighted by molar-refractivity contribution is 9.09. The van der Waals surface area contributed by atoms with Crippen molar-refractivity contribution >= 4 is 36.2 Å². The van der Waals surface area contributed by atoms with Crippen molar-refractivity contribution in [3.05, 3.63) is 74.9 Å². The Morgan fingerprint density at radius 3 is 0.757 bits per heavy atom. The van der Waals surface area contributed by atoms with Gasteiger partial charge in [-0.25, -0.2) is 27.9 Å². The Morgan fingerprint density at radius 2 is 0.583 bits per heavy atom. The average molecular weight is 1560 g/mol. The molecule has 4 heterocycles. The van der Waals surface area contributed by atoms with Crippen LogP contribution in [0.4, 0.5) is 0 Å². The van der Waals surface area contributed by atoms with Gasteiger partial charge in [0.15, 0.2) is 0 Å². The van der Waals surface area contributed by atoms with E-state index in [1.54, 1.807) is 18.7 Å². The Kier molecular flexibility index (Phi) is 90.9. The molecule has 0 saturated heterocycles. The van der Waals surface area contributed by atoms with Gasteiger partial charge < -0.3 is 18.7 Å². The van der Waals surface area contributed by atoms with Crippen LogP contribution in [-0.4, -0.2) is 77.8 Å². The van der Waals surface area contributed by atoms with Crippen LogP contribution in [0, 0.1) is 0 Å². The second kappa shape index (κ2) is 89.8. The minimum Gasteiger partial charge on any atom is -0.748 e. The number of halogens is 1. The van der Waals surface area contributed by atoms with Crippen LogP contribution in [0.1, 0.15) is 439 Å². The van der Waals surface area contributed by atoms with Gasteiger partial charge in [-0.15, -0.1) is 0 Å². The summed E-state index contributed by atoms with van der Waals surface area (Å²) >= 11 is 3.49. The van der Waals surface area contributed by atoms with E-state index in [1.165, 1.54) is 423 Å². The summed E-state index contributed by atoms with van der Waals surface area (Å²) in [4.78, 5) is 17.7. The number of alkyl halides is 1. The number of aromatic nitrogens is 8. The maximum atomic E-state index is 9.19. The van der Waals surface area contributed by atoms with E-state index in [1.807, 2.05) is 37.6 Å². The number of nitrogens with one attached hydrogen (secondary N) is 2. The highest BCUT2D eigenvalue weighted by Gasteiger charge is 2.01. The van der Waals surface area contributed by atoms with Gasteiger partial charge in [-0.3, -0.25) is 9.54 Å². The summed E-state index contributed by atoms with van der Waals surface area (Å²) in [5.74, 6) is 0. The molecule has 0 aliphatic rings. The third kappa shape index (κ3) is 108. The van der Waals surface area contributed by atoms with E-state index < -0.39 is 20.2 Å². The maximum Gasteiger partial charge on any atom is 0.261 e. The van der Waals surface area contributed by atoms with Crippen LogP contribution in [0.5, 0.6) is 0 Å². The summed E-state index contributed by atoms with van der Waals surface area (Å²) in [5, 5.41) is 1.19. The summed E-state index contributed by atoms with van der Waals surface area (Å²) in [6, 6.07) is 0. The van der Waals surface area contributed by atoms with Crippen molar-refractivity contribution in [2.75, 3.05) is 17.8 Å². The zero-order valence-electron chi connectivity index (χ0n) is 68.4. The molecular formula is C86H169BrN8O6S2. The van der Waals surface area contributed by atoms with Crippen molar-refractivity contribution in [1.82, 2.24) is 34.1 Å². The molecule has 0 unspecified atom stereocenters. The Labute approximate surface area is 647 Å². The van der Waals surface area contributed by atoms with Crippen molar-refractivity contribution < 1.29 is 30.5 Å². The van der Waals surface area contributed by atoms with Gasteiger partial charge in [-0.2, -0.15) is 8.42 Å². The molecule has 3 N–H and O–H groups in total. The molecule has 0 atom stereocenters. The number of nitrogens with zero attached hydrogens (tertiary/aromatic N) is 6. The lowest BCUT2D eigenvalue weighted by molar-refractivity contribution is -0.696. The number of aryl methyl sites for hydroxylation is 3. The first-order valence-corrected chi connectivity index (χ1v) is 48.2. The minimum atomic E-state index is -3.92. The zero-order chi connectivity index (χ0) is 75.8. The van der Waals surface area contributed by atoms with E-state index in [4.69, 9.17) is 17.5 Å². The van der Waals surface area contributed by atoms with Gasteiger partial charge in [-0.05, 0) is 32.1 Å². The van der Waals surface area contributed by atoms with Gasteiger partial charge in [-0.1, -0.05) is 422 Å². The van der Waals surface area contributed by atoms with Gasteiger partial charge in [0.1, 0.15) is 12.4 Å². The van der Waals surface area contributed by atoms with E-state index in [0.717, 1.165) is 13.1 Å². The highest BCUT2D eigenvalue weighted by Crippen LogP contribution is 2.19. The third-order valence-corrected chi connectivity index (χ3v) is 19.5. The van der Waals surface area contributed by atoms with Crippen molar-refractivity contribution in [1.29, 1.82) is 0 Å². The van der Waals surface area contributed by atoms with E-state index in [9.17, 15) is 8.42 Å². The first-order chi connectivity index (χ1) is 50.2. The molecule has 103 heavy (non-hydrogen) atoms. The quantitative estimate of drug-likeness (QED) is 0.0167. The highest BCUT2D eigenvalue weighted by atomic mass is 79.9. The molecular weight excluding hydrogens is 1390 g/mol. The lowest BCUT2D eigenvalue weighted by atomic mass is 10.0. The van der Waals surface area contributed by atoms with Crippen LogP contribution in [0.25, 0.3) is 0 Å². The molecule has 0 fully saturated rings. The SMILES string of the molecule is CCCCCCCCCCCCCCCCCCBr.CCCCCCCCCCCCCCCCCC[n+]1cc[nH]c1.CCCCCCCCCCCCCCCCCCn1ccnc1.CCCCCCCCCCCCCCCCCCn1ccnc1.CS(=O)(=O)O.CS(=O)(=O)[O-].c1c[nH]cn1. The summed E-state index contributed by atoms with van der Waals surface area (Å²) in [7, 11) is -7.58. The lowest BCUT2D eigenvalue weighted by Crippen LogP contribution is -2.30. The largest absolute Gasteiger partial charge is 0.748 e. The van der Waals surface area contributed by atoms with Gasteiger partial charge in [0.05, 0.1) is 41.9 Å². The maximum absolute atomic E-state index is 9.19. The van der Waals surface area contributed by atoms with Crippen LogP contribution in [0.15, 0.2) is 74.9 Å². The predicted octanol–water partition coefficient (Wildman–Crippen LogP) is 27.6. The molecule has 0 radical (unpaired) electrons. The number of unbranched alkanes of at least 4 members (excludes halogenated alkanes) is 60. The molecule has 4 aromatic heterocycles. The fourth-order valence-electron chi connectivity index (χ4n) is 12.7. The van der Waals surface area contributed by atoms with E-state index in [2.05, 4.69) is 101 Å². The van der Waals surface area contributed by atoms with Gasteiger partial charge in [0.2, 0.25) is 6.33 Å². The van der Waals surface area contributed by atoms with Crippen molar-refractivity contribution in [3.63, 3.8) is 0 Å². The van der Waals surface area contributed by atoms with E-state index >= 15 is 0 Å². The topological polar surface area (TPSA) is 196 Å². The fourth-order valence-corrected chi connectivity index (χ4v) is 13.1. The monoisotopic (exact) mass is 1550 g/mol. The first kappa shape index (κ1) is 104. The molecule has 0 saturated carbocycles. The van der Waals surface area contributed by atoms with Crippen LogP contribution in [-0.2, 0) is 39.9 Å². The fraction of sp³-hybridized carbons (Fsp3) is 0.860. The zero-order valence-corrected chi connectivity index (χ0v) is 71.6. The molecule has 0 spiro atoms. The number of hydrogen-bond donors (Lipinski definition) is 3. The normalized spacial score (nSPS) is 11.0. The summed E-state index contributed by atoms with van der Waals surface area (Å²) in [6.45, 7) is 12.6. The van der Waals surface area contributed by atoms with Gasteiger partial charge >= 0.3 is 0 Å². The molecule has 608 valence electrons. The summed E-state index contributed by atoms with van der Waals surface area (Å²) in [6.07, 6.45) is 116. The second-order valence-electron chi connectivity index (χ2n) is 29.6. The van der Waals surface area contributed by atoms with Crippen molar-refractivity contribution in [3.8, 4) is 0 Å². The third-order valence-electron chi connectivity index (χ3n) is 18.9. The van der Waals surface area contributed by atoms with Crippen LogP contribution in [0.3, 0.4) is 0 Å². The smallest absolute Gasteiger partial charge is 0.261 e. The number of H-pyrrole nitrogens is 2. The van der Waals surface area contributed by atoms with E-state index in [-0.39, 0.29) is 0 Å². The predicted molar refractivity (Wildman–Crippen MR) is 449 cm³/mol. The van der Waals surface area contributed by atoms with Crippen molar-refractivity contribution in [2.24, 2.45) is 0 Å². The Bertz CT molecular complexity index is 2040. The molecule has 0 amide bonds. The minimum absolute atomic E-state index is 0.604. The molecule has 0 bridgehead atoms. The molecule has 0 aliphatic carbocycles. The molecule has 4 aromatic rings. The summed E-state index contributed by atoms with van der Waals surface area (Å²) < 4.78 is 59.7. The number of hydrogen-bond acceptors (Lipinski definition) is 8. The van der Waals surface area contributed by atoms with Gasteiger partial charge in [0, 0.05) is 61.9 Å². The van der Waals surface area contributed by atoms with Gasteiger partial charge in [0.25, 0.3) is 10.1 Å². The van der Waals surface area contributed by atoms with Crippen LogP contribution < -0.4 is 4.57 Å². The number of imidazole rings is 4. The summed E-state index contributed by atoms with van der Waals surface area (Å²) in [5.41, 5.74) is 0. The average Bonchev–Trinajstić information content (AvgIpc) is 2.02. The Hall–Kier alpha value is -2.86. The molecule has 4 rings (SSSR count). The van der Waals surface area contributed by atoms with Crippen LogP contribution in [0.2, 0.25) is 0 Å². The Morgan fingerprint density at radius 1 is 0.350 bits per heavy atom. The second-order valence-corrected chi connectivity index (χ2v) is 33.2. The molecule has 0 aliphatic heterocycles. The standard InChI is InChI=1S/3C21H40N2.C18H37Br.C3H4N2.2CH4O3S/c3*1-2-3-4-5-6-7-8-9-10-11-12-13-14-15-16-17-19-23-20-18-22-21-23;1-2-3-4-5-6-7-8-9-10-11-12-13-14-15-16-17-18-19;1-2-5-3-4-1;2*1-5(2,3)4/h3*18,20-21H,2-17,19H2,1H3;2-18H2,1H3;1-3H,(H,4,5);2*1H3,(H,2,3,4). The van der Waals surface area contributed by atoms with Crippen molar-refractivity contribution in [2.45, 2.75) is 458 Å². The molecule has 17 heteroatoms. The van der Waals surface area contributed by atoms with Crippen LogP contribution >= 0.6 is 15.9 Å². The Balaban J connectivity index is -0.00000121. The number of aromatic amines is 2. The first-order valence-electron chi connectivity index (χ1n) is 43.5. The number of rotatable bonds is 67. The lowest BCUT2D eigenvalue weighted by Gasteiger charge is -2.04. The molecule has 14 nitrogen and oxygen atoms in total.